The summed E-state index contributed by atoms with van der Waals surface area (Å²) in [6, 6.07) is 9.56. The van der Waals surface area contributed by atoms with Gasteiger partial charge in [-0.15, -0.1) is 0 Å². The number of hydrogen-bond donors (Lipinski definition) is 2. The van der Waals surface area contributed by atoms with Gasteiger partial charge in [-0.05, 0) is 37.6 Å². The largest absolute Gasteiger partial charge is 0.433 e. The van der Waals surface area contributed by atoms with Gasteiger partial charge in [0.15, 0.2) is 0 Å². The van der Waals surface area contributed by atoms with Crippen LogP contribution in [0.1, 0.15) is 49.1 Å². The molecule has 0 saturated carbocycles. The zero-order chi connectivity index (χ0) is 19.2. The van der Waals surface area contributed by atoms with Gasteiger partial charge in [-0.1, -0.05) is 49.6 Å². The topological polar surface area (TPSA) is 45.1 Å². The zero-order valence-corrected chi connectivity index (χ0v) is 15.1. The second-order valence-electron chi connectivity index (χ2n) is 6.46. The second kappa shape index (κ2) is 9.14. The van der Waals surface area contributed by atoms with Gasteiger partial charge in [0, 0.05) is 12.1 Å². The van der Waals surface area contributed by atoms with Crippen LogP contribution in [-0.2, 0) is 6.18 Å². The van der Waals surface area contributed by atoms with Crippen molar-refractivity contribution >= 4 is 0 Å². The molecule has 1 atom stereocenters. The first-order valence-electron chi connectivity index (χ1n) is 8.86. The predicted octanol–water partition coefficient (Wildman–Crippen LogP) is 4.89. The molecule has 6 heteroatoms. The van der Waals surface area contributed by atoms with Crippen LogP contribution in [0.2, 0.25) is 0 Å². The van der Waals surface area contributed by atoms with E-state index in [1.807, 2.05) is 19.1 Å². The smallest absolute Gasteiger partial charge is 0.387 e. The highest BCUT2D eigenvalue weighted by Crippen LogP contribution is 2.32. The van der Waals surface area contributed by atoms with Crippen LogP contribution in [0.5, 0.6) is 0 Å². The van der Waals surface area contributed by atoms with E-state index in [0.717, 1.165) is 37.4 Å². The Morgan fingerprint density at radius 1 is 1.12 bits per heavy atom. The zero-order valence-electron chi connectivity index (χ0n) is 15.1. The number of nitrogens with one attached hydrogen (secondary N) is 1. The SMILES string of the molecule is CCCCCNC[C@@H](O)c1cc(-c2ccc(C)cc2)nc(C(F)(F)F)c1. The quantitative estimate of drug-likeness (QED) is 0.654. The van der Waals surface area contributed by atoms with E-state index in [4.69, 9.17) is 0 Å². The molecule has 0 amide bonds. The first-order valence-corrected chi connectivity index (χ1v) is 8.86. The molecule has 2 aromatic rings. The van der Waals surface area contributed by atoms with Gasteiger partial charge in [-0.2, -0.15) is 13.2 Å². The van der Waals surface area contributed by atoms with Crippen LogP contribution in [0.4, 0.5) is 13.2 Å². The lowest BCUT2D eigenvalue weighted by Gasteiger charge is -2.16. The van der Waals surface area contributed by atoms with Gasteiger partial charge < -0.3 is 10.4 Å². The molecule has 1 aromatic heterocycles. The summed E-state index contributed by atoms with van der Waals surface area (Å²) < 4.78 is 39.7. The number of nitrogens with zero attached hydrogens (tertiary/aromatic N) is 1. The standard InChI is InChI=1S/C20H25F3N2O/c1-3-4-5-10-24-13-18(26)16-11-17(15-8-6-14(2)7-9-15)25-19(12-16)20(21,22)23/h6-9,11-12,18,24,26H,3-5,10,13H2,1-2H3/t18-/m1/s1. The molecule has 2 rings (SSSR count). The lowest BCUT2D eigenvalue weighted by Crippen LogP contribution is -2.23. The van der Waals surface area contributed by atoms with Crippen LogP contribution in [0.15, 0.2) is 36.4 Å². The Bertz CT molecular complexity index is 699. The number of benzene rings is 1. The van der Waals surface area contributed by atoms with E-state index >= 15 is 0 Å². The van der Waals surface area contributed by atoms with Crippen molar-refractivity contribution in [3.05, 3.63) is 53.2 Å². The van der Waals surface area contributed by atoms with Crippen molar-refractivity contribution in [3.8, 4) is 11.3 Å². The summed E-state index contributed by atoms with van der Waals surface area (Å²) in [5.41, 5.74) is 1.03. The summed E-state index contributed by atoms with van der Waals surface area (Å²) >= 11 is 0. The van der Waals surface area contributed by atoms with Crippen LogP contribution in [0.25, 0.3) is 11.3 Å². The molecule has 0 unspecified atom stereocenters. The Morgan fingerprint density at radius 2 is 1.81 bits per heavy atom. The molecule has 0 saturated heterocycles. The number of rotatable bonds is 8. The normalized spacial score (nSPS) is 13.0. The molecule has 0 aliphatic rings. The van der Waals surface area contributed by atoms with E-state index in [9.17, 15) is 18.3 Å². The highest BCUT2D eigenvalue weighted by Gasteiger charge is 2.33. The molecule has 0 radical (unpaired) electrons. The van der Waals surface area contributed by atoms with Gasteiger partial charge in [-0.3, -0.25) is 0 Å². The van der Waals surface area contributed by atoms with Gasteiger partial charge in [0.1, 0.15) is 5.69 Å². The van der Waals surface area contributed by atoms with Crippen molar-refractivity contribution < 1.29 is 18.3 Å². The van der Waals surface area contributed by atoms with Gasteiger partial charge in [0.2, 0.25) is 0 Å². The molecule has 2 N–H and O–H groups in total. The first-order chi connectivity index (χ1) is 12.3. The average molecular weight is 366 g/mol. The van der Waals surface area contributed by atoms with E-state index < -0.39 is 18.0 Å². The van der Waals surface area contributed by atoms with Crippen molar-refractivity contribution in [2.24, 2.45) is 0 Å². The second-order valence-corrected chi connectivity index (χ2v) is 6.46. The van der Waals surface area contributed by atoms with Crippen molar-refractivity contribution in [1.29, 1.82) is 0 Å². The first kappa shape index (κ1) is 20.4. The molecule has 3 nitrogen and oxygen atoms in total. The molecule has 0 spiro atoms. The summed E-state index contributed by atoms with van der Waals surface area (Å²) in [5.74, 6) is 0. The minimum Gasteiger partial charge on any atom is -0.387 e. The van der Waals surface area contributed by atoms with E-state index in [-0.39, 0.29) is 17.8 Å². The number of aliphatic hydroxyl groups is 1. The maximum atomic E-state index is 13.2. The Labute approximate surface area is 152 Å². The third-order valence-corrected chi connectivity index (χ3v) is 4.17. The maximum absolute atomic E-state index is 13.2. The van der Waals surface area contributed by atoms with Gasteiger partial charge in [0.05, 0.1) is 11.8 Å². The molecule has 1 aromatic carbocycles. The molecule has 142 valence electrons. The number of hydrogen-bond acceptors (Lipinski definition) is 3. The number of halogens is 3. The van der Waals surface area contributed by atoms with E-state index in [1.54, 1.807) is 12.1 Å². The van der Waals surface area contributed by atoms with Crippen LogP contribution < -0.4 is 5.32 Å². The minimum absolute atomic E-state index is 0.207. The number of aliphatic hydroxyl groups excluding tert-OH is 1. The van der Waals surface area contributed by atoms with E-state index in [2.05, 4.69) is 17.2 Å². The summed E-state index contributed by atoms with van der Waals surface area (Å²) in [6.45, 7) is 4.94. The molecular formula is C20H25F3N2O. The van der Waals surface area contributed by atoms with E-state index in [1.165, 1.54) is 6.07 Å². The Balaban J connectivity index is 2.24. The number of unbranched alkanes of at least 4 members (excludes halogenated alkanes) is 2. The molecule has 0 aliphatic carbocycles. The molecule has 0 bridgehead atoms. The van der Waals surface area contributed by atoms with Crippen LogP contribution in [0.3, 0.4) is 0 Å². The molecule has 26 heavy (non-hydrogen) atoms. The molecule has 0 fully saturated rings. The lowest BCUT2D eigenvalue weighted by molar-refractivity contribution is -0.141. The van der Waals surface area contributed by atoms with Gasteiger partial charge in [-0.25, -0.2) is 4.98 Å². The molecular weight excluding hydrogens is 341 g/mol. The molecule has 0 aliphatic heterocycles. The number of alkyl halides is 3. The van der Waals surface area contributed by atoms with Crippen LogP contribution in [-0.4, -0.2) is 23.2 Å². The highest BCUT2D eigenvalue weighted by atomic mass is 19.4. The van der Waals surface area contributed by atoms with Crippen molar-refractivity contribution in [2.75, 3.05) is 13.1 Å². The summed E-state index contributed by atoms with van der Waals surface area (Å²) in [6.07, 6.45) is -2.45. The summed E-state index contributed by atoms with van der Waals surface area (Å²) in [7, 11) is 0. The highest BCUT2D eigenvalue weighted by molar-refractivity contribution is 5.61. The van der Waals surface area contributed by atoms with E-state index in [0.29, 0.717) is 5.56 Å². The number of aromatic nitrogens is 1. The molecule has 1 heterocycles. The van der Waals surface area contributed by atoms with Crippen molar-refractivity contribution in [1.82, 2.24) is 10.3 Å². The van der Waals surface area contributed by atoms with Crippen LogP contribution >= 0.6 is 0 Å². The third-order valence-electron chi connectivity index (χ3n) is 4.17. The predicted molar refractivity (Wildman–Crippen MR) is 96.8 cm³/mol. The number of aryl methyl sites for hydroxylation is 1. The van der Waals surface area contributed by atoms with Gasteiger partial charge >= 0.3 is 6.18 Å². The fourth-order valence-corrected chi connectivity index (χ4v) is 2.62. The monoisotopic (exact) mass is 366 g/mol. The average Bonchev–Trinajstić information content (AvgIpc) is 2.61. The number of pyridine rings is 1. The third kappa shape index (κ3) is 5.81. The Hall–Kier alpha value is -1.92. The lowest BCUT2D eigenvalue weighted by atomic mass is 10.0. The van der Waals surface area contributed by atoms with Crippen molar-refractivity contribution in [2.45, 2.75) is 45.4 Å². The maximum Gasteiger partial charge on any atom is 0.433 e. The van der Waals surface area contributed by atoms with Crippen LogP contribution in [0, 0.1) is 6.92 Å². The Morgan fingerprint density at radius 3 is 2.42 bits per heavy atom. The Kier molecular flexibility index (Phi) is 7.17. The fourth-order valence-electron chi connectivity index (χ4n) is 2.62. The van der Waals surface area contributed by atoms with Gasteiger partial charge in [0.25, 0.3) is 0 Å². The fraction of sp³-hybridized carbons (Fsp3) is 0.450. The van der Waals surface area contributed by atoms with Crippen molar-refractivity contribution in [3.63, 3.8) is 0 Å². The minimum atomic E-state index is -4.57. The summed E-state index contributed by atoms with van der Waals surface area (Å²) in [4.78, 5) is 3.75. The summed E-state index contributed by atoms with van der Waals surface area (Å²) in [5, 5.41) is 13.4.